The first-order valence-corrected chi connectivity index (χ1v) is 8.46. The molecule has 2 aromatic carbocycles. The molecule has 24 heavy (non-hydrogen) atoms. The summed E-state index contributed by atoms with van der Waals surface area (Å²) in [7, 11) is 0. The molecule has 5 nitrogen and oxygen atoms in total. The number of anilines is 2. The Kier molecular flexibility index (Phi) is 3.70. The van der Waals surface area contributed by atoms with E-state index in [1.807, 2.05) is 43.3 Å². The molecule has 1 aliphatic rings. The summed E-state index contributed by atoms with van der Waals surface area (Å²) in [5.41, 5.74) is 1.85. The van der Waals surface area contributed by atoms with Crippen molar-refractivity contribution in [1.82, 2.24) is 0 Å². The van der Waals surface area contributed by atoms with Gasteiger partial charge in [-0.15, -0.1) is 11.3 Å². The molecule has 7 heteroatoms. The number of nitrogens with one attached hydrogen (secondary N) is 2. The maximum absolute atomic E-state index is 12.2. The molecule has 2 heterocycles. The van der Waals surface area contributed by atoms with Gasteiger partial charge in [0.1, 0.15) is 5.00 Å². The SMILES string of the molecule is Cc1ccc(NC(=O)Nc2sc3cc4c(cc3c2Cl)OCO4)cc1. The molecular weight excluding hydrogens is 348 g/mol. The quantitative estimate of drug-likeness (QED) is 0.657. The van der Waals surface area contributed by atoms with E-state index in [1.54, 1.807) is 0 Å². The lowest BCUT2D eigenvalue weighted by atomic mass is 10.2. The summed E-state index contributed by atoms with van der Waals surface area (Å²) in [6, 6.07) is 10.9. The minimum absolute atomic E-state index is 0.217. The van der Waals surface area contributed by atoms with E-state index in [-0.39, 0.29) is 12.8 Å². The van der Waals surface area contributed by atoms with Crippen molar-refractivity contribution >= 4 is 49.7 Å². The molecule has 0 atom stereocenters. The number of aryl methyl sites for hydroxylation is 1. The van der Waals surface area contributed by atoms with Crippen molar-refractivity contribution in [1.29, 1.82) is 0 Å². The van der Waals surface area contributed by atoms with E-state index in [0.29, 0.717) is 21.5 Å². The lowest BCUT2D eigenvalue weighted by molar-refractivity contribution is 0.174. The molecule has 3 aromatic rings. The van der Waals surface area contributed by atoms with Crippen LogP contribution in [0.1, 0.15) is 5.56 Å². The molecule has 0 aliphatic carbocycles. The zero-order valence-corrected chi connectivity index (χ0v) is 14.3. The number of fused-ring (bicyclic) bond motifs is 2. The van der Waals surface area contributed by atoms with E-state index in [1.165, 1.54) is 11.3 Å². The van der Waals surface area contributed by atoms with Crippen molar-refractivity contribution in [2.24, 2.45) is 0 Å². The molecule has 0 radical (unpaired) electrons. The smallest absolute Gasteiger partial charge is 0.324 e. The number of thiophene rings is 1. The van der Waals surface area contributed by atoms with Crippen LogP contribution in [0.4, 0.5) is 15.5 Å². The molecule has 0 fully saturated rings. The van der Waals surface area contributed by atoms with Gasteiger partial charge in [-0.3, -0.25) is 5.32 Å². The predicted molar refractivity (Wildman–Crippen MR) is 96.8 cm³/mol. The summed E-state index contributed by atoms with van der Waals surface area (Å²) >= 11 is 7.79. The van der Waals surface area contributed by atoms with Gasteiger partial charge in [0.25, 0.3) is 0 Å². The van der Waals surface area contributed by atoms with Crippen LogP contribution in [0.15, 0.2) is 36.4 Å². The number of amides is 2. The van der Waals surface area contributed by atoms with Crippen molar-refractivity contribution in [3.05, 3.63) is 47.0 Å². The number of benzene rings is 2. The molecule has 0 saturated heterocycles. The predicted octanol–water partition coefficient (Wildman–Crippen LogP) is 5.24. The molecule has 0 bridgehead atoms. The number of carbonyl (C=O) groups is 1. The van der Waals surface area contributed by atoms with E-state index in [4.69, 9.17) is 21.1 Å². The van der Waals surface area contributed by atoms with Crippen molar-refractivity contribution in [3.8, 4) is 11.5 Å². The average molecular weight is 361 g/mol. The second-order valence-corrected chi connectivity index (χ2v) is 6.82. The standard InChI is InChI=1S/C17H13ClN2O3S/c1-9-2-4-10(5-3-9)19-17(21)20-16-15(18)11-6-12-13(23-8-22-12)7-14(11)24-16/h2-7H,8H2,1H3,(H2,19,20,21). The fourth-order valence-electron chi connectivity index (χ4n) is 2.44. The Bertz CT molecular complexity index is 937. The average Bonchev–Trinajstić information content (AvgIpc) is 3.13. The van der Waals surface area contributed by atoms with Crippen LogP contribution < -0.4 is 20.1 Å². The third-order valence-electron chi connectivity index (χ3n) is 3.66. The molecule has 0 spiro atoms. The second kappa shape index (κ2) is 5.89. The molecule has 1 aliphatic heterocycles. The van der Waals surface area contributed by atoms with Crippen molar-refractivity contribution in [3.63, 3.8) is 0 Å². The van der Waals surface area contributed by atoms with E-state index >= 15 is 0 Å². The Labute approximate surface area is 147 Å². The van der Waals surface area contributed by atoms with Crippen LogP contribution in [0.3, 0.4) is 0 Å². The zero-order chi connectivity index (χ0) is 16.7. The van der Waals surface area contributed by atoms with Gasteiger partial charge in [0.05, 0.1) is 5.02 Å². The van der Waals surface area contributed by atoms with Crippen LogP contribution in [-0.2, 0) is 0 Å². The highest BCUT2D eigenvalue weighted by molar-refractivity contribution is 7.23. The van der Waals surface area contributed by atoms with Gasteiger partial charge in [0.2, 0.25) is 6.79 Å². The lowest BCUT2D eigenvalue weighted by Crippen LogP contribution is -2.18. The van der Waals surface area contributed by atoms with Gasteiger partial charge in [0.15, 0.2) is 11.5 Å². The normalized spacial score (nSPS) is 12.4. The first-order chi connectivity index (χ1) is 11.6. The van der Waals surface area contributed by atoms with E-state index in [2.05, 4.69) is 10.6 Å². The summed E-state index contributed by atoms with van der Waals surface area (Å²) in [6.07, 6.45) is 0. The molecule has 122 valence electrons. The molecular formula is C17H13ClN2O3S. The minimum atomic E-state index is -0.340. The Hall–Kier alpha value is -2.44. The van der Waals surface area contributed by atoms with Crippen LogP contribution >= 0.6 is 22.9 Å². The Balaban J connectivity index is 1.57. The molecule has 0 unspecified atom stereocenters. The topological polar surface area (TPSA) is 59.6 Å². The van der Waals surface area contributed by atoms with Crippen molar-refractivity contribution in [2.45, 2.75) is 6.92 Å². The fraction of sp³-hybridized carbons (Fsp3) is 0.118. The van der Waals surface area contributed by atoms with Gasteiger partial charge in [-0.05, 0) is 25.1 Å². The van der Waals surface area contributed by atoms with Gasteiger partial charge in [-0.2, -0.15) is 0 Å². The van der Waals surface area contributed by atoms with Gasteiger partial charge in [-0.25, -0.2) is 4.79 Å². The Morgan fingerprint density at radius 1 is 1.12 bits per heavy atom. The number of rotatable bonds is 2. The second-order valence-electron chi connectivity index (χ2n) is 5.39. The number of carbonyl (C=O) groups excluding carboxylic acids is 1. The van der Waals surface area contributed by atoms with Crippen LogP contribution in [0.25, 0.3) is 10.1 Å². The number of hydrogen-bond acceptors (Lipinski definition) is 4. The highest BCUT2D eigenvalue weighted by Crippen LogP contribution is 2.45. The summed E-state index contributed by atoms with van der Waals surface area (Å²) in [6.45, 7) is 2.21. The maximum atomic E-state index is 12.2. The molecule has 4 rings (SSSR count). The molecule has 2 N–H and O–H groups in total. The fourth-order valence-corrected chi connectivity index (χ4v) is 3.81. The summed E-state index contributed by atoms with van der Waals surface area (Å²) in [5, 5.41) is 7.48. The van der Waals surface area contributed by atoms with E-state index in [9.17, 15) is 4.79 Å². The van der Waals surface area contributed by atoms with E-state index in [0.717, 1.165) is 21.3 Å². The highest BCUT2D eigenvalue weighted by atomic mass is 35.5. The van der Waals surface area contributed by atoms with Gasteiger partial charge in [-0.1, -0.05) is 29.3 Å². The molecule has 2 amide bonds. The zero-order valence-electron chi connectivity index (χ0n) is 12.7. The number of urea groups is 1. The Morgan fingerprint density at radius 2 is 1.83 bits per heavy atom. The summed E-state index contributed by atoms with van der Waals surface area (Å²) < 4.78 is 11.7. The summed E-state index contributed by atoms with van der Waals surface area (Å²) in [4.78, 5) is 12.2. The first kappa shape index (κ1) is 15.1. The van der Waals surface area contributed by atoms with Crippen LogP contribution in [0.5, 0.6) is 11.5 Å². The number of ether oxygens (including phenoxy) is 2. The van der Waals surface area contributed by atoms with Crippen LogP contribution in [-0.4, -0.2) is 12.8 Å². The van der Waals surface area contributed by atoms with Crippen molar-refractivity contribution < 1.29 is 14.3 Å². The number of hydrogen-bond donors (Lipinski definition) is 2. The monoisotopic (exact) mass is 360 g/mol. The van der Waals surface area contributed by atoms with Crippen LogP contribution in [0.2, 0.25) is 5.02 Å². The lowest BCUT2D eigenvalue weighted by Gasteiger charge is -2.06. The van der Waals surface area contributed by atoms with Gasteiger partial charge >= 0.3 is 6.03 Å². The summed E-state index contributed by atoms with van der Waals surface area (Å²) in [5.74, 6) is 1.36. The third kappa shape index (κ3) is 2.74. The molecule has 1 aromatic heterocycles. The van der Waals surface area contributed by atoms with Crippen LogP contribution in [0, 0.1) is 6.92 Å². The minimum Gasteiger partial charge on any atom is -0.454 e. The Morgan fingerprint density at radius 3 is 2.58 bits per heavy atom. The molecule has 0 saturated carbocycles. The van der Waals surface area contributed by atoms with Gasteiger partial charge in [0, 0.05) is 21.8 Å². The third-order valence-corrected chi connectivity index (χ3v) is 5.23. The highest BCUT2D eigenvalue weighted by Gasteiger charge is 2.19. The van der Waals surface area contributed by atoms with E-state index < -0.39 is 0 Å². The van der Waals surface area contributed by atoms with Crippen molar-refractivity contribution in [2.75, 3.05) is 17.4 Å². The van der Waals surface area contributed by atoms with Gasteiger partial charge < -0.3 is 14.8 Å². The maximum Gasteiger partial charge on any atom is 0.324 e. The largest absolute Gasteiger partial charge is 0.454 e. The first-order valence-electron chi connectivity index (χ1n) is 7.26. The number of halogens is 1.